The third kappa shape index (κ3) is 3.83. The Labute approximate surface area is 97.3 Å². The van der Waals surface area contributed by atoms with Crippen LogP contribution in [0.25, 0.3) is 0 Å². The average molecular weight is 224 g/mol. The highest BCUT2D eigenvalue weighted by Crippen LogP contribution is 2.21. The molecule has 3 nitrogen and oxygen atoms in total. The van der Waals surface area contributed by atoms with Crippen molar-refractivity contribution in [2.45, 2.75) is 27.1 Å². The van der Waals surface area contributed by atoms with Crippen LogP contribution < -0.4 is 4.74 Å². The summed E-state index contributed by atoms with van der Waals surface area (Å²) < 4.78 is 16.4. The van der Waals surface area contributed by atoms with Gasteiger partial charge in [-0.25, -0.2) is 0 Å². The second kappa shape index (κ2) is 7.25. The highest BCUT2D eigenvalue weighted by atomic mass is 16.7. The van der Waals surface area contributed by atoms with E-state index in [0.717, 1.165) is 11.3 Å². The van der Waals surface area contributed by atoms with Crippen molar-refractivity contribution >= 4 is 0 Å². The van der Waals surface area contributed by atoms with Gasteiger partial charge >= 0.3 is 0 Å². The molecule has 0 bridgehead atoms. The molecule has 16 heavy (non-hydrogen) atoms. The van der Waals surface area contributed by atoms with Crippen molar-refractivity contribution in [1.29, 1.82) is 0 Å². The molecule has 0 atom stereocenters. The first-order chi connectivity index (χ1) is 7.81. The minimum atomic E-state index is -0.273. The fraction of sp³-hybridized carbons (Fsp3) is 0.538. The lowest BCUT2D eigenvalue weighted by atomic mass is 10.2. The summed E-state index contributed by atoms with van der Waals surface area (Å²) in [6.45, 7) is 7.84. The van der Waals surface area contributed by atoms with Gasteiger partial charge in [0.05, 0.1) is 6.61 Å². The summed E-state index contributed by atoms with van der Waals surface area (Å²) in [6.07, 6.45) is -0.273. The van der Waals surface area contributed by atoms with Crippen LogP contribution in [-0.4, -0.2) is 19.8 Å². The van der Waals surface area contributed by atoms with Gasteiger partial charge in [-0.3, -0.25) is 0 Å². The summed E-state index contributed by atoms with van der Waals surface area (Å²) in [5, 5.41) is 0. The molecular formula is C13H20O3. The molecule has 0 aliphatic heterocycles. The van der Waals surface area contributed by atoms with Crippen molar-refractivity contribution in [3.05, 3.63) is 29.8 Å². The molecule has 0 saturated carbocycles. The van der Waals surface area contributed by atoms with E-state index in [0.29, 0.717) is 19.8 Å². The molecule has 0 amide bonds. The lowest BCUT2D eigenvalue weighted by Crippen LogP contribution is -2.08. The van der Waals surface area contributed by atoms with Gasteiger partial charge in [0.1, 0.15) is 5.75 Å². The van der Waals surface area contributed by atoms with E-state index in [1.54, 1.807) is 0 Å². The molecule has 1 rings (SSSR count). The Bertz CT molecular complexity index is 276. The number of hydrogen-bond donors (Lipinski definition) is 0. The maximum absolute atomic E-state index is 5.51. The molecule has 1 aromatic rings. The molecule has 0 N–H and O–H groups in total. The van der Waals surface area contributed by atoms with Crippen LogP contribution in [0.1, 0.15) is 32.6 Å². The van der Waals surface area contributed by atoms with Gasteiger partial charge in [0.25, 0.3) is 0 Å². The Hall–Kier alpha value is -1.06. The predicted molar refractivity (Wildman–Crippen MR) is 63.6 cm³/mol. The SMILES string of the molecule is CCOc1ccc(C(OCC)OCC)cc1. The van der Waals surface area contributed by atoms with Gasteiger partial charge in [-0.2, -0.15) is 0 Å². The first kappa shape index (κ1) is 13.0. The molecular weight excluding hydrogens is 204 g/mol. The monoisotopic (exact) mass is 224 g/mol. The molecule has 90 valence electrons. The molecule has 0 radical (unpaired) electrons. The summed E-state index contributed by atoms with van der Waals surface area (Å²) in [5.74, 6) is 0.873. The van der Waals surface area contributed by atoms with E-state index in [9.17, 15) is 0 Å². The second-order valence-electron chi connectivity index (χ2n) is 3.24. The van der Waals surface area contributed by atoms with Gasteiger partial charge in [0, 0.05) is 18.8 Å². The van der Waals surface area contributed by atoms with Gasteiger partial charge in [-0.1, -0.05) is 12.1 Å². The van der Waals surface area contributed by atoms with Crippen LogP contribution in [0.2, 0.25) is 0 Å². The molecule has 0 fully saturated rings. The lowest BCUT2D eigenvalue weighted by Gasteiger charge is -2.17. The maximum atomic E-state index is 5.51. The molecule has 1 aromatic carbocycles. The topological polar surface area (TPSA) is 27.7 Å². The van der Waals surface area contributed by atoms with Gasteiger partial charge < -0.3 is 14.2 Å². The third-order valence-corrected chi connectivity index (χ3v) is 2.10. The zero-order valence-electron chi connectivity index (χ0n) is 10.2. The zero-order chi connectivity index (χ0) is 11.8. The van der Waals surface area contributed by atoms with E-state index in [2.05, 4.69) is 0 Å². The Morgan fingerprint density at radius 3 is 1.88 bits per heavy atom. The smallest absolute Gasteiger partial charge is 0.183 e. The van der Waals surface area contributed by atoms with Crippen LogP contribution in [0.4, 0.5) is 0 Å². The van der Waals surface area contributed by atoms with Crippen LogP contribution >= 0.6 is 0 Å². The third-order valence-electron chi connectivity index (χ3n) is 2.10. The molecule has 0 aliphatic rings. The number of hydrogen-bond acceptors (Lipinski definition) is 3. The van der Waals surface area contributed by atoms with Gasteiger partial charge in [0.2, 0.25) is 0 Å². The highest BCUT2D eigenvalue weighted by molar-refractivity contribution is 5.27. The molecule has 0 aromatic heterocycles. The van der Waals surface area contributed by atoms with Crippen molar-refractivity contribution in [2.24, 2.45) is 0 Å². The van der Waals surface area contributed by atoms with Crippen LogP contribution in [0.3, 0.4) is 0 Å². The minimum absolute atomic E-state index is 0.273. The highest BCUT2D eigenvalue weighted by Gasteiger charge is 2.10. The summed E-state index contributed by atoms with van der Waals surface area (Å²) in [5.41, 5.74) is 1.02. The Balaban J connectivity index is 2.68. The number of benzene rings is 1. The fourth-order valence-electron chi connectivity index (χ4n) is 1.43. The van der Waals surface area contributed by atoms with Crippen molar-refractivity contribution in [2.75, 3.05) is 19.8 Å². The summed E-state index contributed by atoms with van der Waals surface area (Å²) in [4.78, 5) is 0. The normalized spacial score (nSPS) is 10.8. The lowest BCUT2D eigenvalue weighted by molar-refractivity contribution is -0.140. The number of ether oxygens (including phenoxy) is 3. The Kier molecular flexibility index (Phi) is 5.90. The minimum Gasteiger partial charge on any atom is -0.494 e. The molecule has 0 aliphatic carbocycles. The van der Waals surface area contributed by atoms with Gasteiger partial charge in [-0.15, -0.1) is 0 Å². The molecule has 0 saturated heterocycles. The first-order valence-electron chi connectivity index (χ1n) is 5.77. The summed E-state index contributed by atoms with van der Waals surface area (Å²) >= 11 is 0. The molecule has 0 heterocycles. The first-order valence-corrected chi connectivity index (χ1v) is 5.77. The van der Waals surface area contributed by atoms with Crippen molar-refractivity contribution in [3.63, 3.8) is 0 Å². The molecule has 0 spiro atoms. The summed E-state index contributed by atoms with van der Waals surface area (Å²) in [6, 6.07) is 7.82. The largest absolute Gasteiger partial charge is 0.494 e. The second-order valence-corrected chi connectivity index (χ2v) is 3.24. The Morgan fingerprint density at radius 2 is 1.44 bits per heavy atom. The van der Waals surface area contributed by atoms with Crippen molar-refractivity contribution < 1.29 is 14.2 Å². The van der Waals surface area contributed by atoms with E-state index >= 15 is 0 Å². The zero-order valence-corrected chi connectivity index (χ0v) is 10.2. The fourth-order valence-corrected chi connectivity index (χ4v) is 1.43. The molecule has 3 heteroatoms. The van der Waals surface area contributed by atoms with E-state index in [1.165, 1.54) is 0 Å². The standard InChI is InChI=1S/C13H20O3/c1-4-14-12-9-7-11(8-10-12)13(15-5-2)16-6-3/h7-10,13H,4-6H2,1-3H3. The van der Waals surface area contributed by atoms with Crippen LogP contribution in [0.15, 0.2) is 24.3 Å². The maximum Gasteiger partial charge on any atom is 0.183 e. The summed E-state index contributed by atoms with van der Waals surface area (Å²) in [7, 11) is 0. The average Bonchev–Trinajstić information content (AvgIpc) is 2.30. The van der Waals surface area contributed by atoms with Gasteiger partial charge in [0.15, 0.2) is 6.29 Å². The van der Waals surface area contributed by atoms with Gasteiger partial charge in [-0.05, 0) is 32.9 Å². The van der Waals surface area contributed by atoms with E-state index in [-0.39, 0.29) is 6.29 Å². The number of rotatable bonds is 7. The van der Waals surface area contributed by atoms with Crippen molar-refractivity contribution in [3.8, 4) is 5.75 Å². The van der Waals surface area contributed by atoms with Crippen LogP contribution in [0.5, 0.6) is 5.75 Å². The quantitative estimate of drug-likeness (QED) is 0.666. The molecule has 0 unspecified atom stereocenters. The van der Waals surface area contributed by atoms with Crippen LogP contribution in [0, 0.1) is 0 Å². The van der Waals surface area contributed by atoms with Crippen molar-refractivity contribution in [1.82, 2.24) is 0 Å². The van der Waals surface area contributed by atoms with E-state index in [4.69, 9.17) is 14.2 Å². The Morgan fingerprint density at radius 1 is 0.875 bits per heavy atom. The predicted octanol–water partition coefficient (Wildman–Crippen LogP) is 3.16. The van der Waals surface area contributed by atoms with Crippen LogP contribution in [-0.2, 0) is 9.47 Å². The van der Waals surface area contributed by atoms with E-state index in [1.807, 2.05) is 45.0 Å². The van der Waals surface area contributed by atoms with E-state index < -0.39 is 0 Å².